The standard InChI is InChI=1S/C27H28N2O2S/c1-17-16-29(27(31)22-6-3-4-9-26(22)32-2)13-12-20(17)23-14-19(15-25(30)18-10-11-18)28-24-8-5-7-21(23)24/h3-7,9,12,14,17-18H,8,10-11,13,15-16H2,1-2H3. The maximum absolute atomic E-state index is 13.2. The maximum atomic E-state index is 13.2. The Morgan fingerprint density at radius 1 is 1.22 bits per heavy atom. The van der Waals surface area contributed by atoms with Crippen LogP contribution in [0.25, 0.3) is 11.6 Å². The van der Waals surface area contributed by atoms with Crippen LogP contribution in [0.3, 0.4) is 0 Å². The van der Waals surface area contributed by atoms with E-state index in [1.54, 1.807) is 11.8 Å². The van der Waals surface area contributed by atoms with E-state index >= 15 is 0 Å². The molecule has 1 aromatic heterocycles. The van der Waals surface area contributed by atoms with Crippen molar-refractivity contribution in [3.05, 3.63) is 70.6 Å². The van der Waals surface area contributed by atoms with Gasteiger partial charge >= 0.3 is 0 Å². The molecule has 1 amide bonds. The van der Waals surface area contributed by atoms with E-state index in [1.165, 1.54) is 16.7 Å². The van der Waals surface area contributed by atoms with E-state index in [-0.39, 0.29) is 17.7 Å². The molecule has 1 fully saturated rings. The third kappa shape index (κ3) is 4.06. The summed E-state index contributed by atoms with van der Waals surface area (Å²) in [6, 6.07) is 9.95. The number of pyridine rings is 1. The number of thioether (sulfide) groups is 1. The van der Waals surface area contributed by atoms with Crippen LogP contribution in [0.15, 0.2) is 47.4 Å². The summed E-state index contributed by atoms with van der Waals surface area (Å²) in [5.41, 5.74) is 6.36. The number of ketones is 1. The first-order valence-electron chi connectivity index (χ1n) is 11.4. The van der Waals surface area contributed by atoms with Crippen LogP contribution in [0.1, 0.15) is 52.6 Å². The summed E-state index contributed by atoms with van der Waals surface area (Å²) in [5, 5.41) is 0. The first kappa shape index (κ1) is 21.2. The predicted octanol–water partition coefficient (Wildman–Crippen LogP) is 5.07. The van der Waals surface area contributed by atoms with E-state index in [0.717, 1.165) is 41.1 Å². The van der Waals surface area contributed by atoms with Crippen molar-refractivity contribution in [2.24, 2.45) is 11.8 Å². The van der Waals surface area contributed by atoms with E-state index in [1.807, 2.05) is 35.4 Å². The Kier molecular flexibility index (Phi) is 5.76. The fourth-order valence-electron chi connectivity index (χ4n) is 4.80. The number of carbonyl (C=O) groups excluding carboxylic acids is 2. The Morgan fingerprint density at radius 2 is 2.03 bits per heavy atom. The van der Waals surface area contributed by atoms with Crippen molar-refractivity contribution in [1.29, 1.82) is 0 Å². The van der Waals surface area contributed by atoms with E-state index in [0.29, 0.717) is 25.3 Å². The number of hydrogen-bond acceptors (Lipinski definition) is 4. The number of nitrogens with zero attached hydrogens (tertiary/aromatic N) is 2. The van der Waals surface area contributed by atoms with Gasteiger partial charge < -0.3 is 4.90 Å². The molecule has 1 saturated carbocycles. The second-order valence-corrected chi connectivity index (χ2v) is 9.86. The number of hydrogen-bond donors (Lipinski definition) is 0. The Bertz CT molecular complexity index is 1150. The lowest BCUT2D eigenvalue weighted by Gasteiger charge is -2.32. The molecule has 2 heterocycles. The highest BCUT2D eigenvalue weighted by Crippen LogP contribution is 2.36. The molecule has 1 aliphatic heterocycles. The summed E-state index contributed by atoms with van der Waals surface area (Å²) in [5.74, 6) is 0.877. The van der Waals surface area contributed by atoms with Crippen LogP contribution in [0.4, 0.5) is 0 Å². The number of aromatic nitrogens is 1. The van der Waals surface area contributed by atoms with Gasteiger partial charge in [-0.1, -0.05) is 37.3 Å². The third-order valence-electron chi connectivity index (χ3n) is 6.67. The summed E-state index contributed by atoms with van der Waals surface area (Å²) in [4.78, 5) is 33.4. The number of rotatable bonds is 6. The quantitative estimate of drug-likeness (QED) is 0.584. The van der Waals surface area contributed by atoms with Crippen molar-refractivity contribution in [3.63, 3.8) is 0 Å². The van der Waals surface area contributed by atoms with Crippen LogP contribution >= 0.6 is 11.8 Å². The Balaban J connectivity index is 1.42. The maximum Gasteiger partial charge on any atom is 0.255 e. The second-order valence-electron chi connectivity index (χ2n) is 9.02. The molecule has 5 rings (SSSR count). The van der Waals surface area contributed by atoms with Crippen molar-refractivity contribution < 1.29 is 9.59 Å². The average Bonchev–Trinajstić information content (AvgIpc) is 3.56. The summed E-state index contributed by atoms with van der Waals surface area (Å²) < 4.78 is 0. The van der Waals surface area contributed by atoms with Crippen LogP contribution in [0, 0.1) is 11.8 Å². The third-order valence-corrected chi connectivity index (χ3v) is 7.46. The molecule has 3 aliphatic rings. The summed E-state index contributed by atoms with van der Waals surface area (Å²) >= 11 is 1.61. The SMILES string of the molecule is CSc1ccccc1C(=O)N1CC=C(c2cc(CC(=O)C3CC3)nc3c2C=CC3)C(C)C1. The molecular weight excluding hydrogens is 416 g/mol. The number of benzene rings is 1. The van der Waals surface area contributed by atoms with Crippen molar-refractivity contribution in [2.75, 3.05) is 19.3 Å². The molecule has 2 aliphatic carbocycles. The minimum absolute atomic E-state index is 0.0904. The van der Waals surface area contributed by atoms with Crippen LogP contribution in [0.2, 0.25) is 0 Å². The number of Topliss-reactive ketones (excluding diaryl/α,β-unsaturated/α-hetero) is 1. The van der Waals surface area contributed by atoms with Crippen LogP contribution in [-0.4, -0.2) is 40.9 Å². The molecule has 164 valence electrons. The Labute approximate surface area is 193 Å². The van der Waals surface area contributed by atoms with E-state index in [9.17, 15) is 9.59 Å². The van der Waals surface area contributed by atoms with E-state index in [2.05, 4.69) is 31.2 Å². The Hall–Kier alpha value is -2.66. The van der Waals surface area contributed by atoms with Gasteiger partial charge in [0.2, 0.25) is 0 Å². The molecule has 0 saturated heterocycles. The summed E-state index contributed by atoms with van der Waals surface area (Å²) in [7, 11) is 0. The first-order chi connectivity index (χ1) is 15.5. The number of allylic oxidation sites excluding steroid dienone is 1. The highest BCUT2D eigenvalue weighted by molar-refractivity contribution is 7.98. The topological polar surface area (TPSA) is 50.3 Å². The molecule has 4 nitrogen and oxygen atoms in total. The lowest BCUT2D eigenvalue weighted by molar-refractivity contribution is -0.119. The first-order valence-corrected chi connectivity index (χ1v) is 12.6. The molecule has 0 spiro atoms. The van der Waals surface area contributed by atoms with Gasteiger partial charge in [-0.05, 0) is 54.4 Å². The molecule has 32 heavy (non-hydrogen) atoms. The lowest BCUT2D eigenvalue weighted by Crippen LogP contribution is -2.38. The van der Waals surface area contributed by atoms with Gasteiger partial charge in [-0.2, -0.15) is 0 Å². The van der Waals surface area contributed by atoms with Crippen LogP contribution < -0.4 is 0 Å². The van der Waals surface area contributed by atoms with E-state index < -0.39 is 0 Å². The zero-order chi connectivity index (χ0) is 22.2. The molecule has 0 bridgehead atoms. The van der Waals surface area contributed by atoms with Gasteiger partial charge in [0, 0.05) is 48.0 Å². The minimum Gasteiger partial charge on any atom is -0.334 e. The molecule has 5 heteroatoms. The highest BCUT2D eigenvalue weighted by Gasteiger charge is 2.31. The summed E-state index contributed by atoms with van der Waals surface area (Å²) in [6.45, 7) is 3.47. The molecule has 0 radical (unpaired) electrons. The van der Waals surface area contributed by atoms with Gasteiger partial charge in [0.25, 0.3) is 5.91 Å². The molecule has 1 atom stereocenters. The van der Waals surface area contributed by atoms with Crippen LogP contribution in [-0.2, 0) is 17.6 Å². The fourth-order valence-corrected chi connectivity index (χ4v) is 5.39. The van der Waals surface area contributed by atoms with Crippen molar-refractivity contribution in [1.82, 2.24) is 9.88 Å². The van der Waals surface area contributed by atoms with Gasteiger partial charge in [-0.3, -0.25) is 14.6 Å². The highest BCUT2D eigenvalue weighted by atomic mass is 32.2. The molecule has 1 aromatic carbocycles. The number of amides is 1. The van der Waals surface area contributed by atoms with Gasteiger partial charge in [0.05, 0.1) is 11.3 Å². The van der Waals surface area contributed by atoms with Crippen LogP contribution in [0.5, 0.6) is 0 Å². The predicted molar refractivity (Wildman–Crippen MR) is 130 cm³/mol. The number of carbonyl (C=O) groups is 2. The normalized spacial score (nSPS) is 19.6. The zero-order valence-corrected chi connectivity index (χ0v) is 19.5. The molecular formula is C27H28N2O2S. The zero-order valence-electron chi connectivity index (χ0n) is 18.6. The van der Waals surface area contributed by atoms with Gasteiger partial charge in [0.1, 0.15) is 5.78 Å². The van der Waals surface area contributed by atoms with Crippen molar-refractivity contribution in [2.45, 2.75) is 37.5 Å². The van der Waals surface area contributed by atoms with Gasteiger partial charge in [-0.25, -0.2) is 0 Å². The summed E-state index contributed by atoms with van der Waals surface area (Å²) in [6.07, 6.45) is 11.8. The largest absolute Gasteiger partial charge is 0.334 e. The fraction of sp³-hybridized carbons (Fsp3) is 0.370. The smallest absolute Gasteiger partial charge is 0.255 e. The molecule has 0 N–H and O–H groups in total. The molecule has 2 aromatic rings. The van der Waals surface area contributed by atoms with Crippen molar-refractivity contribution in [3.8, 4) is 0 Å². The molecule has 1 unspecified atom stereocenters. The van der Waals surface area contributed by atoms with Gasteiger partial charge in [0.15, 0.2) is 0 Å². The number of fused-ring (bicyclic) bond motifs is 1. The van der Waals surface area contributed by atoms with Crippen molar-refractivity contribution >= 4 is 35.1 Å². The Morgan fingerprint density at radius 3 is 2.78 bits per heavy atom. The lowest BCUT2D eigenvalue weighted by atomic mass is 9.87. The van der Waals surface area contributed by atoms with Gasteiger partial charge in [-0.15, -0.1) is 11.8 Å². The minimum atomic E-state index is 0.0904. The average molecular weight is 445 g/mol. The van der Waals surface area contributed by atoms with E-state index in [4.69, 9.17) is 4.98 Å². The second kappa shape index (κ2) is 8.70. The monoisotopic (exact) mass is 444 g/mol.